The number of nitrogens with zero attached hydrogens (tertiary/aromatic N) is 2. The highest BCUT2D eigenvalue weighted by atomic mass is 16.5. The first-order valence-corrected chi connectivity index (χ1v) is 13.1. The fourth-order valence-corrected chi connectivity index (χ4v) is 5.89. The number of allylic oxidation sites excluding steroid dienone is 1. The Labute approximate surface area is 208 Å². The number of piperidine rings is 1. The van der Waals surface area contributed by atoms with Gasteiger partial charge in [-0.25, -0.2) is 0 Å². The highest BCUT2D eigenvalue weighted by Gasteiger charge is 2.61. The predicted molar refractivity (Wildman–Crippen MR) is 132 cm³/mol. The molecule has 190 valence electrons. The average Bonchev–Trinajstić information content (AvgIpc) is 3.07. The van der Waals surface area contributed by atoms with E-state index >= 15 is 0 Å². The van der Waals surface area contributed by atoms with Crippen molar-refractivity contribution in [1.82, 2.24) is 9.80 Å². The highest BCUT2D eigenvalue weighted by molar-refractivity contribution is 5.98. The fourth-order valence-electron chi connectivity index (χ4n) is 5.89. The summed E-state index contributed by atoms with van der Waals surface area (Å²) in [6.45, 7) is 3.84. The van der Waals surface area contributed by atoms with Gasteiger partial charge in [-0.05, 0) is 63.1 Å². The number of ether oxygens (including phenoxy) is 2. The Hall–Kier alpha value is -2.83. The summed E-state index contributed by atoms with van der Waals surface area (Å²) in [5, 5.41) is 0. The van der Waals surface area contributed by atoms with E-state index < -0.39 is 11.3 Å². The second-order valence-electron chi connectivity index (χ2n) is 9.85. The van der Waals surface area contributed by atoms with Crippen molar-refractivity contribution in [2.75, 3.05) is 26.8 Å². The standard InChI is InChI=1S/C28H38N2O5/c1-3-35-27(33)28-16-8-5-4-7-11-24(28)30(20-21-12-14-22(34-2)15-13-21)26(32)23(28)19-25(31)29-17-9-6-10-18-29/h11-15,23H,3-10,16-20H2,1-2H3/b24-11+/t23-,28+/m1/s1. The maximum absolute atomic E-state index is 14.0. The van der Waals surface area contributed by atoms with E-state index in [1.807, 2.05) is 29.2 Å². The van der Waals surface area contributed by atoms with Gasteiger partial charge in [0.05, 0.1) is 26.2 Å². The maximum Gasteiger partial charge on any atom is 0.318 e. The van der Waals surface area contributed by atoms with Crippen molar-refractivity contribution < 1.29 is 23.9 Å². The lowest BCUT2D eigenvalue weighted by molar-refractivity contribution is -0.158. The second-order valence-corrected chi connectivity index (χ2v) is 9.85. The van der Waals surface area contributed by atoms with Crippen LogP contribution in [-0.4, -0.2) is 54.4 Å². The van der Waals surface area contributed by atoms with Gasteiger partial charge in [0.1, 0.15) is 11.2 Å². The van der Waals surface area contributed by atoms with E-state index in [1.54, 1.807) is 18.9 Å². The van der Waals surface area contributed by atoms with Crippen LogP contribution in [0.1, 0.15) is 70.3 Å². The zero-order valence-electron chi connectivity index (χ0n) is 21.1. The van der Waals surface area contributed by atoms with Gasteiger partial charge in [-0.3, -0.25) is 14.4 Å². The molecule has 2 atom stereocenters. The van der Waals surface area contributed by atoms with Gasteiger partial charge in [0.25, 0.3) is 0 Å². The number of benzene rings is 1. The normalized spacial score (nSPS) is 26.3. The molecule has 2 amide bonds. The number of fused-ring (bicyclic) bond motifs is 1. The van der Waals surface area contributed by atoms with Crippen LogP contribution in [0.5, 0.6) is 5.75 Å². The average molecular weight is 483 g/mol. The van der Waals surface area contributed by atoms with Crippen LogP contribution >= 0.6 is 0 Å². The molecule has 1 aliphatic carbocycles. The minimum Gasteiger partial charge on any atom is -0.497 e. The number of methoxy groups -OCH3 is 1. The Morgan fingerprint density at radius 1 is 1.03 bits per heavy atom. The number of rotatable bonds is 7. The Morgan fingerprint density at radius 3 is 2.43 bits per heavy atom. The number of hydrogen-bond donors (Lipinski definition) is 0. The van der Waals surface area contributed by atoms with Crippen LogP contribution in [0.15, 0.2) is 36.0 Å². The third kappa shape index (κ3) is 5.09. The summed E-state index contributed by atoms with van der Waals surface area (Å²) in [6, 6.07) is 7.62. The molecule has 2 saturated heterocycles. The molecule has 2 heterocycles. The Kier molecular flexibility index (Phi) is 8.14. The molecule has 3 aliphatic rings. The van der Waals surface area contributed by atoms with Crippen LogP contribution in [0, 0.1) is 11.3 Å². The number of esters is 1. The highest BCUT2D eigenvalue weighted by Crippen LogP contribution is 2.53. The molecular weight excluding hydrogens is 444 g/mol. The van der Waals surface area contributed by atoms with E-state index in [2.05, 4.69) is 6.08 Å². The number of carbonyl (C=O) groups is 3. The summed E-state index contributed by atoms with van der Waals surface area (Å²) in [5.41, 5.74) is 0.571. The second kappa shape index (κ2) is 11.3. The largest absolute Gasteiger partial charge is 0.497 e. The van der Waals surface area contributed by atoms with Gasteiger partial charge >= 0.3 is 5.97 Å². The molecule has 4 rings (SSSR count). The lowest BCUT2D eigenvalue weighted by Crippen LogP contribution is -2.44. The molecule has 0 unspecified atom stereocenters. The van der Waals surface area contributed by atoms with Crippen molar-refractivity contribution in [2.45, 2.75) is 71.3 Å². The molecule has 0 bridgehead atoms. The maximum atomic E-state index is 14.0. The van der Waals surface area contributed by atoms with E-state index in [9.17, 15) is 14.4 Å². The molecule has 1 aromatic rings. The van der Waals surface area contributed by atoms with Gasteiger partial charge in [0, 0.05) is 25.2 Å². The molecule has 0 N–H and O–H groups in total. The molecule has 0 aromatic heterocycles. The number of likely N-dealkylation sites (tertiary alicyclic amines) is 2. The molecule has 0 spiro atoms. The van der Waals surface area contributed by atoms with Crippen LogP contribution in [-0.2, 0) is 25.7 Å². The summed E-state index contributed by atoms with van der Waals surface area (Å²) in [5.74, 6) is -0.530. The monoisotopic (exact) mass is 482 g/mol. The van der Waals surface area contributed by atoms with Crippen LogP contribution < -0.4 is 4.74 Å². The zero-order valence-corrected chi connectivity index (χ0v) is 21.1. The van der Waals surface area contributed by atoms with Crippen LogP contribution in [0.4, 0.5) is 0 Å². The van der Waals surface area contributed by atoms with E-state index in [1.165, 1.54) is 0 Å². The van der Waals surface area contributed by atoms with Crippen molar-refractivity contribution in [3.05, 3.63) is 41.6 Å². The van der Waals surface area contributed by atoms with Gasteiger partial charge < -0.3 is 19.3 Å². The first kappa shape index (κ1) is 25.3. The van der Waals surface area contributed by atoms with Crippen LogP contribution in [0.2, 0.25) is 0 Å². The van der Waals surface area contributed by atoms with Crippen molar-refractivity contribution in [3.8, 4) is 5.75 Å². The summed E-state index contributed by atoms with van der Waals surface area (Å²) >= 11 is 0. The van der Waals surface area contributed by atoms with E-state index in [0.29, 0.717) is 13.0 Å². The Morgan fingerprint density at radius 2 is 1.74 bits per heavy atom. The van der Waals surface area contributed by atoms with Crippen molar-refractivity contribution in [2.24, 2.45) is 11.3 Å². The molecular formula is C28H38N2O5. The molecule has 7 nitrogen and oxygen atoms in total. The number of hydrogen-bond acceptors (Lipinski definition) is 5. The van der Waals surface area contributed by atoms with Crippen molar-refractivity contribution in [3.63, 3.8) is 0 Å². The lowest BCUT2D eigenvalue weighted by Gasteiger charge is -2.35. The fraction of sp³-hybridized carbons (Fsp3) is 0.607. The van der Waals surface area contributed by atoms with Crippen molar-refractivity contribution >= 4 is 17.8 Å². The lowest BCUT2D eigenvalue weighted by atomic mass is 9.69. The summed E-state index contributed by atoms with van der Waals surface area (Å²) in [7, 11) is 1.62. The van der Waals surface area contributed by atoms with Gasteiger partial charge in [0.2, 0.25) is 11.8 Å². The molecule has 0 radical (unpaired) electrons. The minimum atomic E-state index is -1.11. The predicted octanol–water partition coefficient (Wildman–Crippen LogP) is 4.45. The van der Waals surface area contributed by atoms with E-state index in [0.717, 1.165) is 75.0 Å². The third-order valence-electron chi connectivity index (χ3n) is 7.75. The van der Waals surface area contributed by atoms with Gasteiger partial charge in [-0.2, -0.15) is 0 Å². The molecule has 0 saturated carbocycles. The number of amides is 2. The molecule has 7 heteroatoms. The van der Waals surface area contributed by atoms with Gasteiger partial charge in [-0.15, -0.1) is 0 Å². The number of carbonyl (C=O) groups excluding carboxylic acids is 3. The zero-order chi connectivity index (χ0) is 24.8. The molecule has 35 heavy (non-hydrogen) atoms. The Balaban J connectivity index is 1.72. The van der Waals surface area contributed by atoms with Crippen molar-refractivity contribution in [1.29, 1.82) is 0 Å². The van der Waals surface area contributed by atoms with Crippen LogP contribution in [0.25, 0.3) is 0 Å². The molecule has 2 aliphatic heterocycles. The molecule has 1 aromatic carbocycles. The summed E-state index contributed by atoms with van der Waals surface area (Å²) in [4.78, 5) is 44.7. The summed E-state index contributed by atoms with van der Waals surface area (Å²) in [6.07, 6.45) is 9.38. The van der Waals surface area contributed by atoms with E-state index in [-0.39, 0.29) is 30.8 Å². The van der Waals surface area contributed by atoms with Gasteiger partial charge in [-0.1, -0.05) is 31.1 Å². The first-order valence-electron chi connectivity index (χ1n) is 13.1. The topological polar surface area (TPSA) is 76.1 Å². The molecule has 2 fully saturated rings. The smallest absolute Gasteiger partial charge is 0.318 e. The third-order valence-corrected chi connectivity index (χ3v) is 7.75. The SMILES string of the molecule is CCOC(=O)[C@]12CCCCC/C=C\1N(Cc1ccc(OC)cc1)C(=O)[C@H]2CC(=O)N1CCCCC1. The Bertz CT molecular complexity index is 951. The van der Waals surface area contributed by atoms with Gasteiger partial charge in [0.15, 0.2) is 0 Å². The van der Waals surface area contributed by atoms with E-state index in [4.69, 9.17) is 9.47 Å². The summed E-state index contributed by atoms with van der Waals surface area (Å²) < 4.78 is 10.9. The van der Waals surface area contributed by atoms with Crippen LogP contribution in [0.3, 0.4) is 0 Å². The quantitative estimate of drug-likeness (QED) is 0.537. The minimum absolute atomic E-state index is 0.0283. The first-order chi connectivity index (χ1) is 17.0.